The maximum atomic E-state index is 6.33. The standard InChI is InChI=1S/C50H30N4O2/c1-3-11-33(12-4-1)53(35-21-23-41-39-15-7-9-17-45(39)55-47(41)29-35)37-25-31-19-20-32-26-38(28-44-50(32)49(31)43(27-37)51-52-44)54(34-13-5-2-6-14-34)36-22-24-42-40-16-8-10-18-46(40)56-48(42)30-36/h1-30H. The van der Waals surface area contributed by atoms with E-state index >= 15 is 0 Å². The highest BCUT2D eigenvalue weighted by molar-refractivity contribution is 6.22. The molecule has 6 nitrogen and oxygen atoms in total. The maximum absolute atomic E-state index is 6.33. The molecule has 0 aliphatic rings. The first-order valence-electron chi connectivity index (χ1n) is 18.7. The lowest BCUT2D eigenvalue weighted by molar-refractivity contribution is 0.668. The second-order valence-corrected chi connectivity index (χ2v) is 14.3. The van der Waals surface area contributed by atoms with Crippen molar-refractivity contribution in [1.29, 1.82) is 0 Å². The number of hydrogen-bond donors (Lipinski definition) is 0. The molecular formula is C50H30N4O2. The van der Waals surface area contributed by atoms with Crippen molar-refractivity contribution in [2.45, 2.75) is 0 Å². The van der Waals surface area contributed by atoms with Crippen molar-refractivity contribution >= 4 is 111 Å². The summed E-state index contributed by atoms with van der Waals surface area (Å²) in [5.74, 6) is 0. The number of furan rings is 2. The van der Waals surface area contributed by atoms with Crippen molar-refractivity contribution < 1.29 is 8.83 Å². The summed E-state index contributed by atoms with van der Waals surface area (Å²) >= 11 is 0. The van der Waals surface area contributed by atoms with E-state index in [1.807, 2.05) is 36.4 Å². The zero-order valence-electron chi connectivity index (χ0n) is 29.9. The third-order valence-corrected chi connectivity index (χ3v) is 11.0. The molecule has 0 atom stereocenters. The van der Waals surface area contributed by atoms with Crippen LogP contribution in [0.25, 0.3) is 76.5 Å². The monoisotopic (exact) mass is 718 g/mol. The van der Waals surface area contributed by atoms with Crippen LogP contribution in [0, 0.1) is 0 Å². The Morgan fingerprint density at radius 3 is 1.18 bits per heavy atom. The third kappa shape index (κ3) is 4.69. The van der Waals surface area contributed by atoms with Crippen LogP contribution in [-0.4, -0.2) is 10.2 Å². The Morgan fingerprint density at radius 2 is 0.714 bits per heavy atom. The van der Waals surface area contributed by atoms with Crippen molar-refractivity contribution in [2.24, 2.45) is 0 Å². The molecular weight excluding hydrogens is 689 g/mol. The molecule has 262 valence electrons. The Kier molecular flexibility index (Phi) is 6.53. The molecule has 9 aromatic carbocycles. The summed E-state index contributed by atoms with van der Waals surface area (Å²) in [6, 6.07) is 63.4. The predicted molar refractivity (Wildman–Crippen MR) is 230 cm³/mol. The predicted octanol–water partition coefficient (Wildman–Crippen LogP) is 14.1. The molecule has 12 rings (SSSR count). The minimum atomic E-state index is 0.837. The molecule has 0 fully saturated rings. The van der Waals surface area contributed by atoms with Crippen molar-refractivity contribution in [2.75, 3.05) is 9.80 Å². The van der Waals surface area contributed by atoms with Crippen LogP contribution in [0.4, 0.5) is 34.1 Å². The zero-order valence-corrected chi connectivity index (χ0v) is 29.9. The summed E-state index contributed by atoms with van der Waals surface area (Å²) in [4.78, 5) is 4.52. The van der Waals surface area contributed by atoms with E-state index in [1.54, 1.807) is 0 Å². The van der Waals surface area contributed by atoms with E-state index in [0.29, 0.717) is 0 Å². The van der Waals surface area contributed by atoms with Gasteiger partial charge in [-0.05, 0) is 95.7 Å². The highest BCUT2D eigenvalue weighted by atomic mass is 16.3. The van der Waals surface area contributed by atoms with E-state index in [9.17, 15) is 0 Å². The fourth-order valence-electron chi connectivity index (χ4n) is 8.53. The average Bonchev–Trinajstić information content (AvgIpc) is 3.81. The molecule has 0 unspecified atom stereocenters. The Hall–Kier alpha value is -7.70. The van der Waals surface area contributed by atoms with Gasteiger partial charge in [0.05, 0.1) is 11.0 Å². The molecule has 12 aromatic rings. The number of para-hydroxylation sites is 4. The van der Waals surface area contributed by atoms with E-state index in [4.69, 9.17) is 19.0 Å². The first-order chi connectivity index (χ1) is 27.7. The van der Waals surface area contributed by atoms with E-state index in [1.165, 1.54) is 0 Å². The summed E-state index contributed by atoms with van der Waals surface area (Å²) in [7, 11) is 0. The Morgan fingerprint density at radius 1 is 0.304 bits per heavy atom. The van der Waals surface area contributed by atoms with Crippen LogP contribution in [0.15, 0.2) is 191 Å². The lowest BCUT2D eigenvalue weighted by Crippen LogP contribution is -2.11. The molecule has 0 N–H and O–H groups in total. The summed E-state index contributed by atoms with van der Waals surface area (Å²) in [5, 5.41) is 18.6. The van der Waals surface area contributed by atoms with Crippen LogP contribution < -0.4 is 9.80 Å². The van der Waals surface area contributed by atoms with Crippen LogP contribution in [0.5, 0.6) is 0 Å². The number of nitrogens with zero attached hydrogens (tertiary/aromatic N) is 4. The van der Waals surface area contributed by atoms with Gasteiger partial charge in [-0.15, -0.1) is 10.2 Å². The molecule has 0 saturated heterocycles. The van der Waals surface area contributed by atoms with Gasteiger partial charge >= 0.3 is 0 Å². The number of fused-ring (bicyclic) bond motifs is 6. The van der Waals surface area contributed by atoms with Gasteiger partial charge in [-0.3, -0.25) is 0 Å². The van der Waals surface area contributed by atoms with Crippen LogP contribution in [0.1, 0.15) is 0 Å². The van der Waals surface area contributed by atoms with Gasteiger partial charge in [0.15, 0.2) is 0 Å². The summed E-state index contributed by atoms with van der Waals surface area (Å²) in [5.41, 5.74) is 11.2. The summed E-state index contributed by atoms with van der Waals surface area (Å²) in [6.07, 6.45) is 0. The molecule has 0 aliphatic heterocycles. The van der Waals surface area contributed by atoms with Gasteiger partial charge < -0.3 is 18.6 Å². The SMILES string of the molecule is c1ccc(N(c2cc3ccc4cc(N(c5ccccc5)c5ccc6c(c5)oc5ccccc56)cc5nnc(c2)c3c45)c2ccc3c(c2)oc2ccccc23)cc1. The number of anilines is 6. The van der Waals surface area contributed by atoms with Crippen LogP contribution in [-0.2, 0) is 0 Å². The second kappa shape index (κ2) is 11.9. The molecule has 56 heavy (non-hydrogen) atoms. The van der Waals surface area contributed by atoms with E-state index < -0.39 is 0 Å². The van der Waals surface area contributed by atoms with E-state index in [0.717, 1.165) is 111 Å². The van der Waals surface area contributed by atoms with Crippen molar-refractivity contribution in [1.82, 2.24) is 10.2 Å². The fraction of sp³-hybridized carbons (Fsp3) is 0. The first kappa shape index (κ1) is 30.7. The molecule has 3 heterocycles. The molecule has 0 saturated carbocycles. The number of hydrogen-bond acceptors (Lipinski definition) is 6. The molecule has 0 amide bonds. The fourth-order valence-corrected chi connectivity index (χ4v) is 8.53. The van der Waals surface area contributed by atoms with Crippen LogP contribution >= 0.6 is 0 Å². The van der Waals surface area contributed by atoms with Crippen molar-refractivity contribution in [3.63, 3.8) is 0 Å². The van der Waals surface area contributed by atoms with Gasteiger partial charge in [-0.25, -0.2) is 0 Å². The van der Waals surface area contributed by atoms with Gasteiger partial charge in [0, 0.05) is 78.6 Å². The van der Waals surface area contributed by atoms with Gasteiger partial charge in [0.2, 0.25) is 0 Å². The Labute approximate surface area is 320 Å². The quantitative estimate of drug-likeness (QED) is 0.160. The third-order valence-electron chi connectivity index (χ3n) is 11.0. The Balaban J connectivity index is 1.01. The molecule has 3 aromatic heterocycles. The van der Waals surface area contributed by atoms with Crippen LogP contribution in [0.3, 0.4) is 0 Å². The molecule has 0 spiro atoms. The minimum Gasteiger partial charge on any atom is -0.456 e. The maximum Gasteiger partial charge on any atom is 0.137 e. The van der Waals surface area contributed by atoms with Gasteiger partial charge in [-0.2, -0.15) is 0 Å². The first-order valence-corrected chi connectivity index (χ1v) is 18.7. The normalized spacial score (nSPS) is 11.9. The molecule has 6 heteroatoms. The zero-order chi connectivity index (χ0) is 36.7. The average molecular weight is 719 g/mol. The molecule has 0 radical (unpaired) electrons. The van der Waals surface area contributed by atoms with Crippen molar-refractivity contribution in [3.8, 4) is 0 Å². The van der Waals surface area contributed by atoms with Crippen LogP contribution in [0.2, 0.25) is 0 Å². The van der Waals surface area contributed by atoms with E-state index in [-0.39, 0.29) is 0 Å². The molecule has 0 bridgehead atoms. The van der Waals surface area contributed by atoms with Gasteiger partial charge in [-0.1, -0.05) is 84.9 Å². The summed E-state index contributed by atoms with van der Waals surface area (Å²) in [6.45, 7) is 0. The summed E-state index contributed by atoms with van der Waals surface area (Å²) < 4.78 is 12.7. The second-order valence-electron chi connectivity index (χ2n) is 14.3. The number of rotatable bonds is 6. The topological polar surface area (TPSA) is 58.5 Å². The van der Waals surface area contributed by atoms with Gasteiger partial charge in [0.25, 0.3) is 0 Å². The Bertz CT molecular complexity index is 3150. The largest absolute Gasteiger partial charge is 0.456 e. The van der Waals surface area contributed by atoms with E-state index in [2.05, 4.69) is 155 Å². The number of aromatic nitrogens is 2. The number of benzene rings is 9. The highest BCUT2D eigenvalue weighted by Gasteiger charge is 2.21. The van der Waals surface area contributed by atoms with Crippen molar-refractivity contribution in [3.05, 3.63) is 182 Å². The lowest BCUT2D eigenvalue weighted by atomic mass is 9.97. The van der Waals surface area contributed by atoms with Gasteiger partial charge in [0.1, 0.15) is 22.3 Å². The smallest absolute Gasteiger partial charge is 0.137 e. The lowest BCUT2D eigenvalue weighted by Gasteiger charge is -2.27. The highest BCUT2D eigenvalue weighted by Crippen LogP contribution is 2.45. The minimum absolute atomic E-state index is 0.837. The molecule has 0 aliphatic carbocycles.